The van der Waals surface area contributed by atoms with Gasteiger partial charge >= 0.3 is 0 Å². The number of fused-ring (bicyclic) bond motifs is 1. The molecule has 7 nitrogen and oxygen atoms in total. The Morgan fingerprint density at radius 2 is 2.10 bits per heavy atom. The van der Waals surface area contributed by atoms with E-state index in [0.29, 0.717) is 5.39 Å². The molecule has 0 saturated carbocycles. The van der Waals surface area contributed by atoms with E-state index >= 15 is 0 Å². The Hall–Kier alpha value is -1.71. The van der Waals surface area contributed by atoms with Gasteiger partial charge in [0.15, 0.2) is 0 Å². The van der Waals surface area contributed by atoms with Gasteiger partial charge in [0.1, 0.15) is 5.52 Å². The fourth-order valence-electron chi connectivity index (χ4n) is 1.68. The second kappa shape index (κ2) is 5.73. The number of nitro benzene ring substituents is 1. The zero-order chi connectivity index (χ0) is 14.8. The molecule has 0 aliphatic heterocycles. The summed E-state index contributed by atoms with van der Waals surface area (Å²) in [4.78, 5) is 15.2. The summed E-state index contributed by atoms with van der Waals surface area (Å²) in [6.45, 7) is 0. The van der Waals surface area contributed by atoms with Crippen molar-refractivity contribution in [3.05, 3.63) is 40.6 Å². The smallest absolute Gasteiger partial charge is 0.258 e. The SMILES string of the molecule is NS(=O)(=O)CCSc1ccnc2c([N+](=O)[O-])cccc12. The van der Waals surface area contributed by atoms with Crippen molar-refractivity contribution in [2.45, 2.75) is 4.90 Å². The van der Waals surface area contributed by atoms with Gasteiger partial charge in [0.05, 0.1) is 10.7 Å². The standard InChI is InChI=1S/C11H11N3O4S2/c12-20(17,18)7-6-19-10-4-5-13-11-8(10)2-1-3-9(11)14(15)16/h1-5H,6-7H2,(H2,12,17,18). The van der Waals surface area contributed by atoms with Crippen molar-refractivity contribution in [3.63, 3.8) is 0 Å². The van der Waals surface area contributed by atoms with E-state index in [1.165, 1.54) is 24.0 Å². The van der Waals surface area contributed by atoms with Crippen molar-refractivity contribution in [2.24, 2.45) is 5.14 Å². The number of primary sulfonamides is 1. The van der Waals surface area contributed by atoms with Gasteiger partial charge in [-0.05, 0) is 6.07 Å². The molecule has 0 aliphatic rings. The molecule has 0 spiro atoms. The van der Waals surface area contributed by atoms with E-state index in [1.54, 1.807) is 18.2 Å². The highest BCUT2D eigenvalue weighted by Crippen LogP contribution is 2.31. The van der Waals surface area contributed by atoms with Gasteiger partial charge in [0, 0.05) is 28.3 Å². The third-order valence-electron chi connectivity index (χ3n) is 2.53. The molecule has 20 heavy (non-hydrogen) atoms. The lowest BCUT2D eigenvalue weighted by Gasteiger charge is -2.05. The number of pyridine rings is 1. The number of sulfonamides is 1. The number of non-ortho nitro benzene ring substituents is 1. The normalized spacial score (nSPS) is 11.7. The first-order valence-corrected chi connectivity index (χ1v) is 8.24. The highest BCUT2D eigenvalue weighted by Gasteiger charge is 2.14. The van der Waals surface area contributed by atoms with Crippen molar-refractivity contribution in [3.8, 4) is 0 Å². The Morgan fingerprint density at radius 3 is 2.75 bits per heavy atom. The zero-order valence-corrected chi connectivity index (χ0v) is 11.9. The molecular weight excluding hydrogens is 302 g/mol. The summed E-state index contributed by atoms with van der Waals surface area (Å²) in [6, 6.07) is 6.37. The Labute approximate surface area is 119 Å². The summed E-state index contributed by atoms with van der Waals surface area (Å²) in [6.07, 6.45) is 1.47. The summed E-state index contributed by atoms with van der Waals surface area (Å²) in [5.41, 5.74) is 0.217. The first kappa shape index (κ1) is 14.7. The number of thioether (sulfide) groups is 1. The maximum atomic E-state index is 10.9. The Bertz CT molecular complexity index is 761. The lowest BCUT2D eigenvalue weighted by atomic mass is 10.2. The van der Waals surface area contributed by atoms with E-state index in [9.17, 15) is 18.5 Å². The van der Waals surface area contributed by atoms with Crippen LogP contribution in [-0.2, 0) is 10.0 Å². The number of nitrogens with zero attached hydrogens (tertiary/aromatic N) is 2. The molecule has 0 saturated heterocycles. The van der Waals surface area contributed by atoms with Crippen molar-refractivity contribution >= 4 is 38.4 Å². The largest absolute Gasteiger partial charge is 0.295 e. The third-order valence-corrected chi connectivity index (χ3v) is 4.64. The van der Waals surface area contributed by atoms with E-state index in [4.69, 9.17) is 5.14 Å². The van der Waals surface area contributed by atoms with E-state index in [-0.39, 0.29) is 22.7 Å². The summed E-state index contributed by atoms with van der Waals surface area (Å²) in [7, 11) is -3.51. The predicted molar refractivity (Wildman–Crippen MR) is 77.1 cm³/mol. The van der Waals surface area contributed by atoms with Crippen molar-refractivity contribution in [2.75, 3.05) is 11.5 Å². The molecule has 0 atom stereocenters. The van der Waals surface area contributed by atoms with Crippen LogP contribution < -0.4 is 5.14 Å². The molecule has 9 heteroatoms. The van der Waals surface area contributed by atoms with Gasteiger partial charge < -0.3 is 0 Å². The molecule has 0 unspecified atom stereocenters. The quantitative estimate of drug-likeness (QED) is 0.508. The molecule has 106 valence electrons. The minimum atomic E-state index is -3.51. The van der Waals surface area contributed by atoms with Gasteiger partial charge in [-0.3, -0.25) is 10.1 Å². The maximum Gasteiger partial charge on any atom is 0.295 e. The monoisotopic (exact) mass is 313 g/mol. The first-order valence-electron chi connectivity index (χ1n) is 5.54. The molecule has 1 heterocycles. The number of rotatable bonds is 5. The molecule has 1 aromatic heterocycles. The average Bonchev–Trinajstić information content (AvgIpc) is 2.36. The fraction of sp³-hybridized carbons (Fsp3) is 0.182. The number of para-hydroxylation sites is 1. The number of hydrogen-bond acceptors (Lipinski definition) is 6. The van der Waals surface area contributed by atoms with Crippen LogP contribution in [0.25, 0.3) is 10.9 Å². The van der Waals surface area contributed by atoms with Crippen molar-refractivity contribution < 1.29 is 13.3 Å². The van der Waals surface area contributed by atoms with Crippen LogP contribution in [0.5, 0.6) is 0 Å². The van der Waals surface area contributed by atoms with Gasteiger partial charge in [-0.2, -0.15) is 0 Å². The highest BCUT2D eigenvalue weighted by molar-refractivity contribution is 8.00. The number of aromatic nitrogens is 1. The molecule has 0 bridgehead atoms. The number of nitrogens with two attached hydrogens (primary N) is 1. The van der Waals surface area contributed by atoms with E-state index < -0.39 is 14.9 Å². The molecule has 0 aliphatic carbocycles. The minimum absolute atomic E-state index is 0.0728. The molecule has 2 N–H and O–H groups in total. The van der Waals surface area contributed by atoms with Crippen LogP contribution in [-0.4, -0.2) is 29.8 Å². The minimum Gasteiger partial charge on any atom is -0.258 e. The van der Waals surface area contributed by atoms with Gasteiger partial charge in [0.25, 0.3) is 5.69 Å². The van der Waals surface area contributed by atoms with Crippen LogP contribution in [0.4, 0.5) is 5.69 Å². The molecular formula is C11H11N3O4S2. The molecule has 0 amide bonds. The third kappa shape index (κ3) is 3.44. The van der Waals surface area contributed by atoms with E-state index in [0.717, 1.165) is 4.90 Å². The molecule has 2 rings (SSSR count). The molecule has 0 fully saturated rings. The Balaban J connectivity index is 2.35. The second-order valence-corrected chi connectivity index (χ2v) is 6.83. The van der Waals surface area contributed by atoms with E-state index in [1.807, 2.05) is 0 Å². The Morgan fingerprint density at radius 1 is 1.35 bits per heavy atom. The zero-order valence-electron chi connectivity index (χ0n) is 10.2. The van der Waals surface area contributed by atoms with Crippen LogP contribution >= 0.6 is 11.8 Å². The lowest BCUT2D eigenvalue weighted by molar-refractivity contribution is -0.383. The van der Waals surface area contributed by atoms with Crippen molar-refractivity contribution in [1.29, 1.82) is 0 Å². The lowest BCUT2D eigenvalue weighted by Crippen LogP contribution is -2.17. The van der Waals surface area contributed by atoms with Crippen LogP contribution in [0, 0.1) is 10.1 Å². The first-order chi connectivity index (χ1) is 9.38. The number of hydrogen-bond donors (Lipinski definition) is 1. The highest BCUT2D eigenvalue weighted by atomic mass is 32.2. The van der Waals surface area contributed by atoms with Gasteiger partial charge in [-0.25, -0.2) is 18.5 Å². The molecule has 0 radical (unpaired) electrons. The summed E-state index contributed by atoms with van der Waals surface area (Å²) in [5.74, 6) is 0.122. The van der Waals surface area contributed by atoms with Gasteiger partial charge in [0.2, 0.25) is 10.0 Å². The second-order valence-electron chi connectivity index (χ2n) is 3.95. The number of benzene rings is 1. The topological polar surface area (TPSA) is 116 Å². The number of nitro groups is 1. The Kier molecular flexibility index (Phi) is 4.21. The maximum absolute atomic E-state index is 10.9. The van der Waals surface area contributed by atoms with Gasteiger partial charge in [-0.1, -0.05) is 12.1 Å². The summed E-state index contributed by atoms with van der Waals surface area (Å²) < 4.78 is 21.8. The summed E-state index contributed by atoms with van der Waals surface area (Å²) in [5, 5.41) is 16.5. The summed E-state index contributed by atoms with van der Waals surface area (Å²) >= 11 is 1.28. The molecule has 1 aromatic carbocycles. The van der Waals surface area contributed by atoms with Crippen LogP contribution in [0.1, 0.15) is 0 Å². The van der Waals surface area contributed by atoms with Crippen LogP contribution in [0.2, 0.25) is 0 Å². The van der Waals surface area contributed by atoms with Gasteiger partial charge in [-0.15, -0.1) is 11.8 Å². The van der Waals surface area contributed by atoms with E-state index in [2.05, 4.69) is 4.98 Å². The van der Waals surface area contributed by atoms with Crippen LogP contribution in [0.15, 0.2) is 35.4 Å². The molecule has 2 aromatic rings. The van der Waals surface area contributed by atoms with Crippen molar-refractivity contribution in [1.82, 2.24) is 4.98 Å². The average molecular weight is 313 g/mol. The van der Waals surface area contributed by atoms with Crippen LogP contribution in [0.3, 0.4) is 0 Å². The predicted octanol–water partition coefficient (Wildman–Crippen LogP) is 1.52. The fourth-order valence-corrected chi connectivity index (χ4v) is 3.64.